The minimum Gasteiger partial charge on any atom is -0.489 e. The van der Waals surface area contributed by atoms with Crippen LogP contribution >= 0.6 is 11.6 Å². The van der Waals surface area contributed by atoms with Gasteiger partial charge >= 0.3 is 0 Å². The zero-order valence-electron chi connectivity index (χ0n) is 17.7. The van der Waals surface area contributed by atoms with E-state index in [0.717, 1.165) is 19.5 Å². The topological polar surface area (TPSA) is 57.7 Å². The molecule has 3 atom stereocenters. The van der Waals surface area contributed by atoms with Crippen LogP contribution in [0, 0.1) is 11.7 Å². The highest BCUT2D eigenvalue weighted by molar-refractivity contribution is 6.35. The fourth-order valence-corrected chi connectivity index (χ4v) is 5.29. The second-order valence-electron chi connectivity index (χ2n) is 8.79. The van der Waals surface area contributed by atoms with Crippen molar-refractivity contribution >= 4 is 23.3 Å². The molecule has 164 valence electrons. The fourth-order valence-electron chi connectivity index (χ4n) is 4.99. The second-order valence-corrected chi connectivity index (χ2v) is 9.17. The van der Waals surface area contributed by atoms with Crippen molar-refractivity contribution in [1.82, 2.24) is 15.2 Å². The highest BCUT2D eigenvalue weighted by Gasteiger charge is 2.40. The van der Waals surface area contributed by atoms with Gasteiger partial charge in [0.05, 0.1) is 11.7 Å². The maximum Gasteiger partial charge on any atom is 0.261 e. The number of nitrogens with one attached hydrogen (secondary N) is 1. The summed E-state index contributed by atoms with van der Waals surface area (Å²) >= 11 is 6.75. The molecule has 31 heavy (non-hydrogen) atoms. The van der Waals surface area contributed by atoms with Crippen LogP contribution in [-0.4, -0.2) is 60.7 Å². The Morgan fingerprint density at radius 1 is 1.26 bits per heavy atom. The third-order valence-electron chi connectivity index (χ3n) is 6.51. The number of rotatable bonds is 2. The number of hydrogen-bond acceptors (Lipinski definition) is 5. The molecule has 6 nitrogen and oxygen atoms in total. The van der Waals surface area contributed by atoms with Gasteiger partial charge in [-0.05, 0) is 31.4 Å². The number of piperazine rings is 1. The van der Waals surface area contributed by atoms with Crippen molar-refractivity contribution < 1.29 is 13.9 Å². The van der Waals surface area contributed by atoms with Crippen LogP contribution in [0.1, 0.15) is 30.6 Å². The molecule has 3 aliphatic rings. The Hall–Kier alpha value is -2.38. The summed E-state index contributed by atoms with van der Waals surface area (Å²) in [5, 5.41) is 3.50. The molecule has 1 aromatic carbocycles. The van der Waals surface area contributed by atoms with Gasteiger partial charge in [-0.1, -0.05) is 30.7 Å². The van der Waals surface area contributed by atoms with Gasteiger partial charge in [-0.2, -0.15) is 0 Å². The van der Waals surface area contributed by atoms with Crippen LogP contribution < -0.4 is 15.0 Å². The molecule has 0 aliphatic carbocycles. The van der Waals surface area contributed by atoms with E-state index in [2.05, 4.69) is 24.1 Å². The van der Waals surface area contributed by atoms with Gasteiger partial charge in [0.25, 0.3) is 5.91 Å². The minimum atomic E-state index is -0.410. The molecule has 0 spiro atoms. The summed E-state index contributed by atoms with van der Waals surface area (Å²) in [5.41, 5.74) is 1.01. The summed E-state index contributed by atoms with van der Waals surface area (Å²) in [6, 6.07) is 6.55. The van der Waals surface area contributed by atoms with Crippen molar-refractivity contribution in [3.63, 3.8) is 0 Å². The molecule has 1 aromatic heterocycles. The van der Waals surface area contributed by atoms with E-state index in [1.165, 1.54) is 6.07 Å². The number of carbonyl (C=O) groups excluding carboxylic acids is 1. The van der Waals surface area contributed by atoms with E-state index in [1.807, 2.05) is 4.90 Å². The maximum atomic E-state index is 14.7. The van der Waals surface area contributed by atoms with Gasteiger partial charge in [-0.25, -0.2) is 9.37 Å². The van der Waals surface area contributed by atoms with Crippen molar-refractivity contribution in [2.24, 2.45) is 5.92 Å². The van der Waals surface area contributed by atoms with Crippen molar-refractivity contribution in [3.05, 3.63) is 40.7 Å². The van der Waals surface area contributed by atoms with Crippen LogP contribution in [0.2, 0.25) is 5.02 Å². The number of fused-ring (bicyclic) bond motifs is 2. The van der Waals surface area contributed by atoms with E-state index in [9.17, 15) is 9.18 Å². The van der Waals surface area contributed by atoms with Crippen molar-refractivity contribution in [2.75, 3.05) is 37.7 Å². The summed E-state index contributed by atoms with van der Waals surface area (Å²) in [6.07, 6.45) is 0.999. The number of halogens is 2. The van der Waals surface area contributed by atoms with Crippen LogP contribution in [0.4, 0.5) is 10.2 Å². The Morgan fingerprint density at radius 2 is 2.06 bits per heavy atom. The van der Waals surface area contributed by atoms with Gasteiger partial charge in [0.2, 0.25) is 0 Å². The third-order valence-corrected chi connectivity index (χ3v) is 6.86. The number of anilines is 1. The Bertz CT molecular complexity index is 1030. The summed E-state index contributed by atoms with van der Waals surface area (Å²) in [4.78, 5) is 22.6. The van der Waals surface area contributed by atoms with Crippen LogP contribution in [0.3, 0.4) is 0 Å². The van der Waals surface area contributed by atoms with E-state index in [4.69, 9.17) is 21.3 Å². The average Bonchev–Trinajstić information content (AvgIpc) is 3.02. The summed E-state index contributed by atoms with van der Waals surface area (Å²) in [7, 11) is 0. The van der Waals surface area contributed by atoms with E-state index < -0.39 is 5.82 Å². The van der Waals surface area contributed by atoms with Crippen molar-refractivity contribution in [2.45, 2.75) is 32.4 Å². The standard InChI is InChI=1S/C23H26ClFN4O2/c1-13-9-14(2)29(11-13)22-18-21(31-12-15-10-26-7-8-28(15)23(18)30)19(24)20(27-22)16-5-3-4-6-17(16)25/h3-6,13-15,26H,7-12H2,1-2H3/t13?,14-,15+/m0/s1. The van der Waals surface area contributed by atoms with Crippen LogP contribution in [0.5, 0.6) is 5.75 Å². The molecule has 2 aromatic rings. The maximum absolute atomic E-state index is 14.7. The number of aromatic nitrogens is 1. The Kier molecular flexibility index (Phi) is 5.26. The molecular formula is C23H26ClFN4O2. The fraction of sp³-hybridized carbons (Fsp3) is 0.478. The van der Waals surface area contributed by atoms with Gasteiger partial charge in [0, 0.05) is 37.8 Å². The zero-order valence-corrected chi connectivity index (χ0v) is 18.5. The molecule has 1 amide bonds. The Labute approximate surface area is 186 Å². The molecular weight excluding hydrogens is 419 g/mol. The van der Waals surface area contributed by atoms with E-state index in [1.54, 1.807) is 18.2 Å². The summed E-state index contributed by atoms with van der Waals surface area (Å²) < 4.78 is 20.9. The molecule has 0 bridgehead atoms. The smallest absolute Gasteiger partial charge is 0.261 e. The van der Waals surface area contributed by atoms with Gasteiger partial charge < -0.3 is 19.9 Å². The lowest BCUT2D eigenvalue weighted by molar-refractivity contribution is 0.0606. The lowest BCUT2D eigenvalue weighted by Gasteiger charge is -2.34. The number of hydrogen-bond donors (Lipinski definition) is 1. The van der Waals surface area contributed by atoms with E-state index in [0.29, 0.717) is 54.0 Å². The molecule has 0 saturated carbocycles. The number of ether oxygens (including phenoxy) is 1. The SMILES string of the molecule is CC1C[C@H](C)N(c2nc(-c3ccccc3F)c(Cl)c3c2C(=O)N2CCNC[C@@H]2CO3)C1. The van der Waals surface area contributed by atoms with E-state index >= 15 is 0 Å². The molecule has 3 aliphatic heterocycles. The van der Waals surface area contributed by atoms with Gasteiger partial charge in [0.1, 0.15) is 28.8 Å². The highest BCUT2D eigenvalue weighted by atomic mass is 35.5. The molecule has 0 radical (unpaired) electrons. The zero-order chi connectivity index (χ0) is 21.7. The first-order valence-electron chi connectivity index (χ1n) is 10.8. The van der Waals surface area contributed by atoms with Gasteiger partial charge in [0.15, 0.2) is 5.75 Å². The number of carbonyl (C=O) groups is 1. The number of benzene rings is 1. The Morgan fingerprint density at radius 3 is 2.81 bits per heavy atom. The van der Waals surface area contributed by atoms with Crippen molar-refractivity contribution in [1.29, 1.82) is 0 Å². The van der Waals surface area contributed by atoms with Gasteiger partial charge in [-0.15, -0.1) is 0 Å². The molecule has 5 rings (SSSR count). The number of pyridine rings is 1. The predicted molar refractivity (Wildman–Crippen MR) is 118 cm³/mol. The first kappa shape index (κ1) is 20.5. The minimum absolute atomic E-state index is 0.0793. The first-order valence-corrected chi connectivity index (χ1v) is 11.2. The lowest BCUT2D eigenvalue weighted by atomic mass is 10.1. The van der Waals surface area contributed by atoms with Crippen molar-refractivity contribution in [3.8, 4) is 17.0 Å². The number of amides is 1. The molecule has 2 saturated heterocycles. The second kappa shape index (κ2) is 7.95. The molecule has 1 N–H and O–H groups in total. The summed E-state index contributed by atoms with van der Waals surface area (Å²) in [6.45, 7) is 7.42. The molecule has 1 unspecified atom stereocenters. The normalized spacial score (nSPS) is 25.7. The quantitative estimate of drug-likeness (QED) is 0.767. The van der Waals surface area contributed by atoms with Crippen LogP contribution in [0.15, 0.2) is 24.3 Å². The van der Waals surface area contributed by atoms with E-state index in [-0.39, 0.29) is 23.0 Å². The monoisotopic (exact) mass is 444 g/mol. The molecule has 2 fully saturated rings. The first-order chi connectivity index (χ1) is 15.0. The number of nitrogens with zero attached hydrogens (tertiary/aromatic N) is 3. The Balaban J connectivity index is 1.73. The predicted octanol–water partition coefficient (Wildman–Crippen LogP) is 3.58. The van der Waals surface area contributed by atoms with Gasteiger partial charge in [-0.3, -0.25) is 4.79 Å². The summed E-state index contributed by atoms with van der Waals surface area (Å²) in [5.74, 6) is 0.797. The third kappa shape index (κ3) is 3.44. The lowest BCUT2D eigenvalue weighted by Crippen LogP contribution is -2.55. The molecule has 4 heterocycles. The largest absolute Gasteiger partial charge is 0.489 e. The average molecular weight is 445 g/mol. The molecule has 8 heteroatoms. The van der Waals surface area contributed by atoms with Crippen LogP contribution in [-0.2, 0) is 0 Å². The highest BCUT2D eigenvalue weighted by Crippen LogP contribution is 2.45. The van der Waals surface area contributed by atoms with Crippen LogP contribution in [0.25, 0.3) is 11.3 Å².